The molecule has 1 nitrogen and oxygen atoms in total. The molecule has 0 amide bonds. The smallest absolute Gasteiger partial charge is 0.0163 e. The summed E-state index contributed by atoms with van der Waals surface area (Å²) in [5.41, 5.74) is 12.0. The Morgan fingerprint density at radius 1 is 1.12 bits per heavy atom. The number of nitrogens with two attached hydrogens (primary N) is 1. The summed E-state index contributed by atoms with van der Waals surface area (Å²) >= 11 is 0. The number of fused-ring (bicyclic) bond motifs is 3. The highest BCUT2D eigenvalue weighted by Crippen LogP contribution is 2.60. The molecule has 0 bridgehead atoms. The standard InChI is InChI=1S/C23H31N/c1-4-15-9-11-18-19-12-10-16(17-7-5-6-8-22(17)24)14-21(19)23(2,3)20(18)13-15/h5,7,10,12-14,18-21H,4,6,8-9,11,24H2,1-3H3. The zero-order chi connectivity index (χ0) is 16.9. The molecule has 0 aromatic heterocycles. The lowest BCUT2D eigenvalue weighted by Gasteiger charge is -2.35. The van der Waals surface area contributed by atoms with Gasteiger partial charge in [-0.15, -0.1) is 0 Å². The van der Waals surface area contributed by atoms with E-state index in [1.54, 1.807) is 5.57 Å². The SMILES string of the molecule is CCC1=CC2C(CC1)C1C=CC(C3=C(N)CCC=C3)=CC1C2(C)C. The summed E-state index contributed by atoms with van der Waals surface area (Å²) in [7, 11) is 0. The Labute approximate surface area is 147 Å². The molecule has 1 fully saturated rings. The molecule has 128 valence electrons. The minimum Gasteiger partial charge on any atom is -0.402 e. The third-order valence-corrected chi connectivity index (χ3v) is 7.14. The van der Waals surface area contributed by atoms with E-state index in [1.807, 2.05) is 0 Å². The number of rotatable bonds is 2. The van der Waals surface area contributed by atoms with E-state index < -0.39 is 0 Å². The number of hydrogen-bond acceptors (Lipinski definition) is 1. The van der Waals surface area contributed by atoms with Gasteiger partial charge in [-0.3, -0.25) is 0 Å². The van der Waals surface area contributed by atoms with Gasteiger partial charge in [-0.2, -0.15) is 0 Å². The predicted molar refractivity (Wildman–Crippen MR) is 102 cm³/mol. The van der Waals surface area contributed by atoms with Gasteiger partial charge < -0.3 is 5.73 Å². The first-order valence-electron chi connectivity index (χ1n) is 9.77. The lowest BCUT2D eigenvalue weighted by molar-refractivity contribution is 0.223. The van der Waals surface area contributed by atoms with Crippen LogP contribution in [0.2, 0.25) is 0 Å². The van der Waals surface area contributed by atoms with Crippen molar-refractivity contribution in [2.45, 2.75) is 52.9 Å². The van der Waals surface area contributed by atoms with Gasteiger partial charge >= 0.3 is 0 Å². The van der Waals surface area contributed by atoms with Crippen LogP contribution >= 0.6 is 0 Å². The Morgan fingerprint density at radius 2 is 1.96 bits per heavy atom. The molecule has 0 heterocycles. The Kier molecular flexibility index (Phi) is 3.86. The van der Waals surface area contributed by atoms with Gasteiger partial charge in [0.25, 0.3) is 0 Å². The van der Waals surface area contributed by atoms with Crippen LogP contribution in [-0.4, -0.2) is 0 Å². The molecular formula is C23H31N. The van der Waals surface area contributed by atoms with Crippen LogP contribution in [0.15, 0.2) is 58.9 Å². The Bertz CT molecular complexity index is 683. The first kappa shape index (κ1) is 16.0. The molecule has 0 spiro atoms. The molecule has 0 radical (unpaired) electrons. The molecule has 4 aliphatic carbocycles. The molecule has 0 aromatic rings. The van der Waals surface area contributed by atoms with Crippen molar-refractivity contribution >= 4 is 0 Å². The highest BCUT2D eigenvalue weighted by molar-refractivity contribution is 5.52. The molecule has 0 aromatic carbocycles. The number of hydrogen-bond donors (Lipinski definition) is 1. The molecule has 0 saturated heterocycles. The fraction of sp³-hybridized carbons (Fsp3) is 0.565. The van der Waals surface area contributed by atoms with E-state index in [2.05, 4.69) is 57.2 Å². The maximum Gasteiger partial charge on any atom is 0.0163 e. The van der Waals surface area contributed by atoms with Gasteiger partial charge in [0, 0.05) is 5.70 Å². The zero-order valence-electron chi connectivity index (χ0n) is 15.4. The van der Waals surface area contributed by atoms with Gasteiger partial charge in [0.1, 0.15) is 0 Å². The summed E-state index contributed by atoms with van der Waals surface area (Å²) in [6.07, 6.45) is 20.6. The average Bonchev–Trinajstić information content (AvgIpc) is 2.82. The molecular weight excluding hydrogens is 290 g/mol. The Hall–Kier alpha value is -1.50. The third kappa shape index (κ3) is 2.36. The average molecular weight is 322 g/mol. The maximum atomic E-state index is 6.31. The topological polar surface area (TPSA) is 26.0 Å². The molecule has 2 N–H and O–H groups in total. The second kappa shape index (κ2) is 5.79. The Morgan fingerprint density at radius 3 is 2.71 bits per heavy atom. The van der Waals surface area contributed by atoms with Crippen molar-refractivity contribution < 1.29 is 0 Å². The molecule has 4 unspecified atom stereocenters. The predicted octanol–water partition coefficient (Wildman–Crippen LogP) is 5.68. The quantitative estimate of drug-likeness (QED) is 0.651. The second-order valence-electron chi connectivity index (χ2n) is 8.69. The van der Waals surface area contributed by atoms with Crippen LogP contribution in [0.3, 0.4) is 0 Å². The van der Waals surface area contributed by atoms with Crippen molar-refractivity contribution in [3.63, 3.8) is 0 Å². The summed E-state index contributed by atoms with van der Waals surface area (Å²) in [6.45, 7) is 7.29. The van der Waals surface area contributed by atoms with Crippen LogP contribution in [-0.2, 0) is 0 Å². The largest absolute Gasteiger partial charge is 0.402 e. The first-order valence-corrected chi connectivity index (χ1v) is 9.77. The molecule has 1 heteroatoms. The van der Waals surface area contributed by atoms with Gasteiger partial charge in [0.05, 0.1) is 0 Å². The van der Waals surface area contributed by atoms with Crippen LogP contribution in [0.5, 0.6) is 0 Å². The molecule has 4 rings (SSSR count). The minimum atomic E-state index is 0.333. The summed E-state index contributed by atoms with van der Waals surface area (Å²) in [5.74, 6) is 2.89. The molecule has 1 saturated carbocycles. The van der Waals surface area contributed by atoms with Crippen molar-refractivity contribution in [1.29, 1.82) is 0 Å². The monoisotopic (exact) mass is 321 g/mol. The van der Waals surface area contributed by atoms with Gasteiger partial charge in [0.2, 0.25) is 0 Å². The van der Waals surface area contributed by atoms with Crippen LogP contribution in [0.4, 0.5) is 0 Å². The van der Waals surface area contributed by atoms with Gasteiger partial charge in [-0.05, 0) is 72.3 Å². The summed E-state index contributed by atoms with van der Waals surface area (Å²) in [5, 5.41) is 0. The maximum absolute atomic E-state index is 6.31. The fourth-order valence-corrected chi connectivity index (χ4v) is 5.67. The molecule has 4 atom stereocenters. The van der Waals surface area contributed by atoms with Crippen LogP contribution in [0.25, 0.3) is 0 Å². The Balaban J connectivity index is 1.71. The molecule has 4 aliphatic rings. The third-order valence-electron chi connectivity index (χ3n) is 7.14. The second-order valence-corrected chi connectivity index (χ2v) is 8.69. The van der Waals surface area contributed by atoms with E-state index in [4.69, 9.17) is 5.73 Å². The van der Waals surface area contributed by atoms with E-state index in [0.717, 1.165) is 30.4 Å². The van der Waals surface area contributed by atoms with E-state index in [0.29, 0.717) is 17.3 Å². The van der Waals surface area contributed by atoms with Crippen molar-refractivity contribution in [2.24, 2.45) is 34.8 Å². The van der Waals surface area contributed by atoms with Crippen molar-refractivity contribution in [3.8, 4) is 0 Å². The van der Waals surface area contributed by atoms with E-state index in [1.165, 1.54) is 30.4 Å². The van der Waals surface area contributed by atoms with Gasteiger partial charge in [-0.25, -0.2) is 0 Å². The van der Waals surface area contributed by atoms with Gasteiger partial charge in [-0.1, -0.05) is 62.8 Å². The van der Waals surface area contributed by atoms with Gasteiger partial charge in [0.15, 0.2) is 0 Å². The lowest BCUT2D eigenvalue weighted by atomic mass is 9.70. The van der Waals surface area contributed by atoms with Crippen LogP contribution in [0.1, 0.15) is 52.9 Å². The highest BCUT2D eigenvalue weighted by atomic mass is 14.6. The lowest BCUT2D eigenvalue weighted by Crippen LogP contribution is -2.27. The van der Waals surface area contributed by atoms with Crippen molar-refractivity contribution in [2.75, 3.05) is 0 Å². The van der Waals surface area contributed by atoms with E-state index >= 15 is 0 Å². The minimum absolute atomic E-state index is 0.333. The fourth-order valence-electron chi connectivity index (χ4n) is 5.67. The first-order chi connectivity index (χ1) is 11.5. The summed E-state index contributed by atoms with van der Waals surface area (Å²) < 4.78 is 0. The highest BCUT2D eigenvalue weighted by Gasteiger charge is 2.53. The summed E-state index contributed by atoms with van der Waals surface area (Å²) in [6, 6.07) is 0. The normalized spacial score (nSPS) is 37.0. The van der Waals surface area contributed by atoms with Crippen molar-refractivity contribution in [1.82, 2.24) is 0 Å². The molecule has 24 heavy (non-hydrogen) atoms. The molecule has 0 aliphatic heterocycles. The van der Waals surface area contributed by atoms with E-state index in [-0.39, 0.29) is 0 Å². The van der Waals surface area contributed by atoms with Crippen LogP contribution in [0, 0.1) is 29.1 Å². The number of allylic oxidation sites excluding steroid dienone is 10. The summed E-state index contributed by atoms with van der Waals surface area (Å²) in [4.78, 5) is 0. The van der Waals surface area contributed by atoms with Crippen molar-refractivity contribution in [3.05, 3.63) is 58.9 Å². The zero-order valence-corrected chi connectivity index (χ0v) is 15.4. The van der Waals surface area contributed by atoms with Crippen LogP contribution < -0.4 is 5.73 Å². The van der Waals surface area contributed by atoms with E-state index in [9.17, 15) is 0 Å².